The molecule has 5 heteroatoms. The zero-order chi connectivity index (χ0) is 11.3. The maximum absolute atomic E-state index is 11.3. The van der Waals surface area contributed by atoms with Crippen molar-refractivity contribution in [3.05, 3.63) is 18.2 Å². The molecule has 0 aliphatic rings. The lowest BCUT2D eigenvalue weighted by Crippen LogP contribution is -2.14. The van der Waals surface area contributed by atoms with Gasteiger partial charge in [-0.05, 0) is 18.4 Å². The monoisotopic (exact) mass is 226 g/mol. The number of nitrogen functional groups attached to an aromatic ring is 1. The Bertz CT molecular complexity index is 355. The first kappa shape index (κ1) is 11.7. The summed E-state index contributed by atoms with van der Waals surface area (Å²) in [5.74, 6) is 0.947. The number of nitrogens with one attached hydrogen (secondary N) is 1. The maximum Gasteiger partial charge on any atom is 0.234 e. The molecule has 1 aromatic rings. The first-order valence-electron chi connectivity index (χ1n) is 4.39. The van der Waals surface area contributed by atoms with E-state index in [1.54, 1.807) is 25.3 Å². The number of nitrogens with two attached hydrogens (primary N) is 1. The van der Waals surface area contributed by atoms with Crippen molar-refractivity contribution in [2.45, 2.75) is 0 Å². The van der Waals surface area contributed by atoms with E-state index >= 15 is 0 Å². The Morgan fingerprint density at radius 3 is 2.93 bits per heavy atom. The Kier molecular flexibility index (Phi) is 4.30. The third-order valence-corrected chi connectivity index (χ3v) is 2.33. The molecule has 0 spiro atoms. The van der Waals surface area contributed by atoms with Gasteiger partial charge in [0.2, 0.25) is 5.91 Å². The van der Waals surface area contributed by atoms with Crippen molar-refractivity contribution >= 4 is 29.0 Å². The average Bonchev–Trinajstić information content (AvgIpc) is 2.21. The van der Waals surface area contributed by atoms with Gasteiger partial charge in [0.1, 0.15) is 5.75 Å². The van der Waals surface area contributed by atoms with Crippen LogP contribution >= 0.6 is 11.8 Å². The summed E-state index contributed by atoms with van der Waals surface area (Å²) in [7, 11) is 1.54. The minimum absolute atomic E-state index is 0.0504. The van der Waals surface area contributed by atoms with Gasteiger partial charge in [-0.15, -0.1) is 0 Å². The number of hydrogen-bond donors (Lipinski definition) is 2. The predicted octanol–water partition coefficient (Wildman–Crippen LogP) is 1.58. The molecule has 0 aliphatic carbocycles. The normalized spacial score (nSPS) is 9.73. The van der Waals surface area contributed by atoms with E-state index in [0.29, 0.717) is 22.9 Å². The number of carbonyl (C=O) groups excluding carboxylic acids is 1. The van der Waals surface area contributed by atoms with E-state index in [1.165, 1.54) is 11.8 Å². The molecule has 0 aromatic heterocycles. The molecule has 0 radical (unpaired) electrons. The van der Waals surface area contributed by atoms with Crippen LogP contribution < -0.4 is 15.8 Å². The lowest BCUT2D eigenvalue weighted by Gasteiger charge is -2.10. The smallest absolute Gasteiger partial charge is 0.234 e. The molecule has 15 heavy (non-hydrogen) atoms. The summed E-state index contributed by atoms with van der Waals surface area (Å²) in [6.45, 7) is 0. The second kappa shape index (κ2) is 5.50. The zero-order valence-electron chi connectivity index (χ0n) is 8.74. The van der Waals surface area contributed by atoms with Crippen LogP contribution in [0.25, 0.3) is 0 Å². The van der Waals surface area contributed by atoms with Crippen LogP contribution in [0.3, 0.4) is 0 Å². The van der Waals surface area contributed by atoms with Gasteiger partial charge >= 0.3 is 0 Å². The molecule has 4 nitrogen and oxygen atoms in total. The summed E-state index contributed by atoms with van der Waals surface area (Å²) in [5.41, 5.74) is 6.85. The van der Waals surface area contributed by atoms with Gasteiger partial charge in [0.15, 0.2) is 0 Å². The van der Waals surface area contributed by atoms with Crippen LogP contribution in [-0.2, 0) is 4.79 Å². The number of hydrogen-bond acceptors (Lipinski definition) is 4. The van der Waals surface area contributed by atoms with E-state index in [9.17, 15) is 4.79 Å². The van der Waals surface area contributed by atoms with Crippen molar-refractivity contribution in [1.82, 2.24) is 0 Å². The molecule has 0 bridgehead atoms. The summed E-state index contributed by atoms with van der Waals surface area (Å²) in [4.78, 5) is 11.3. The van der Waals surface area contributed by atoms with Crippen LogP contribution in [0.2, 0.25) is 0 Å². The second-order valence-electron chi connectivity index (χ2n) is 2.94. The van der Waals surface area contributed by atoms with Gasteiger partial charge in [-0.1, -0.05) is 0 Å². The summed E-state index contributed by atoms with van der Waals surface area (Å²) < 4.78 is 5.10. The molecule has 3 N–H and O–H groups in total. The van der Waals surface area contributed by atoms with Crippen molar-refractivity contribution in [3.63, 3.8) is 0 Å². The van der Waals surface area contributed by atoms with Gasteiger partial charge < -0.3 is 15.8 Å². The Morgan fingerprint density at radius 1 is 1.60 bits per heavy atom. The topological polar surface area (TPSA) is 64.3 Å². The van der Waals surface area contributed by atoms with Gasteiger partial charge in [0.05, 0.1) is 18.6 Å². The highest BCUT2D eigenvalue weighted by Crippen LogP contribution is 2.26. The van der Waals surface area contributed by atoms with Gasteiger partial charge in [-0.25, -0.2) is 0 Å². The SMILES string of the molecule is COc1cc(N)ccc1NC(=O)CSC. The lowest BCUT2D eigenvalue weighted by molar-refractivity contribution is -0.113. The summed E-state index contributed by atoms with van der Waals surface area (Å²) in [6, 6.07) is 5.12. The highest BCUT2D eigenvalue weighted by molar-refractivity contribution is 7.99. The van der Waals surface area contributed by atoms with Crippen molar-refractivity contribution in [1.29, 1.82) is 0 Å². The van der Waals surface area contributed by atoms with Crippen LogP contribution in [0, 0.1) is 0 Å². The van der Waals surface area contributed by atoms with Gasteiger partial charge in [0.25, 0.3) is 0 Å². The number of methoxy groups -OCH3 is 1. The predicted molar refractivity (Wildman–Crippen MR) is 64.4 cm³/mol. The highest BCUT2D eigenvalue weighted by atomic mass is 32.2. The molecule has 1 aromatic carbocycles. The van der Waals surface area contributed by atoms with Crippen LogP contribution in [-0.4, -0.2) is 25.0 Å². The molecule has 0 atom stereocenters. The Labute approximate surface area is 93.2 Å². The molecule has 0 saturated carbocycles. The number of ether oxygens (including phenoxy) is 1. The minimum Gasteiger partial charge on any atom is -0.494 e. The number of thioether (sulfide) groups is 1. The number of benzene rings is 1. The van der Waals surface area contributed by atoms with E-state index in [2.05, 4.69) is 5.32 Å². The number of carbonyl (C=O) groups is 1. The van der Waals surface area contributed by atoms with E-state index in [-0.39, 0.29) is 5.91 Å². The molecule has 0 heterocycles. The second-order valence-corrected chi connectivity index (χ2v) is 3.81. The minimum atomic E-state index is -0.0504. The highest BCUT2D eigenvalue weighted by Gasteiger charge is 2.06. The molecule has 82 valence electrons. The number of amides is 1. The molecule has 0 saturated heterocycles. The molecular formula is C10H14N2O2S. The Hall–Kier alpha value is -1.36. The molecule has 1 rings (SSSR count). The average molecular weight is 226 g/mol. The largest absolute Gasteiger partial charge is 0.494 e. The van der Waals surface area contributed by atoms with Crippen molar-refractivity contribution in [2.24, 2.45) is 0 Å². The molecule has 0 fully saturated rings. The number of rotatable bonds is 4. The summed E-state index contributed by atoms with van der Waals surface area (Å²) in [6.07, 6.45) is 1.87. The van der Waals surface area contributed by atoms with E-state index in [4.69, 9.17) is 10.5 Å². The van der Waals surface area contributed by atoms with Gasteiger partial charge in [-0.2, -0.15) is 11.8 Å². The fourth-order valence-corrected chi connectivity index (χ4v) is 1.46. The van der Waals surface area contributed by atoms with Gasteiger partial charge in [-0.3, -0.25) is 4.79 Å². The fourth-order valence-electron chi connectivity index (χ4n) is 1.13. The van der Waals surface area contributed by atoms with E-state index in [0.717, 1.165) is 0 Å². The van der Waals surface area contributed by atoms with Crippen molar-refractivity contribution in [3.8, 4) is 5.75 Å². The van der Waals surface area contributed by atoms with Crippen LogP contribution in [0.5, 0.6) is 5.75 Å². The van der Waals surface area contributed by atoms with Crippen LogP contribution in [0.4, 0.5) is 11.4 Å². The van der Waals surface area contributed by atoms with E-state index in [1.807, 2.05) is 6.26 Å². The molecule has 0 unspecified atom stereocenters. The first-order valence-corrected chi connectivity index (χ1v) is 5.79. The quantitative estimate of drug-likeness (QED) is 0.765. The van der Waals surface area contributed by atoms with Crippen LogP contribution in [0.1, 0.15) is 0 Å². The number of anilines is 2. The molecular weight excluding hydrogens is 212 g/mol. The lowest BCUT2D eigenvalue weighted by atomic mass is 10.2. The third kappa shape index (κ3) is 3.36. The Morgan fingerprint density at radius 2 is 2.33 bits per heavy atom. The first-order chi connectivity index (χ1) is 7.17. The molecule has 0 aliphatic heterocycles. The maximum atomic E-state index is 11.3. The zero-order valence-corrected chi connectivity index (χ0v) is 9.56. The Balaban J connectivity index is 2.80. The van der Waals surface area contributed by atoms with Crippen molar-refractivity contribution in [2.75, 3.05) is 30.2 Å². The summed E-state index contributed by atoms with van der Waals surface area (Å²) in [5, 5.41) is 2.75. The van der Waals surface area contributed by atoms with Gasteiger partial charge in [0, 0.05) is 11.8 Å². The fraction of sp³-hybridized carbons (Fsp3) is 0.300. The summed E-state index contributed by atoms with van der Waals surface area (Å²) >= 11 is 1.47. The third-order valence-electron chi connectivity index (χ3n) is 1.78. The van der Waals surface area contributed by atoms with E-state index < -0.39 is 0 Å². The molecule has 1 amide bonds. The van der Waals surface area contributed by atoms with Crippen molar-refractivity contribution < 1.29 is 9.53 Å². The standard InChI is InChI=1S/C10H14N2O2S/c1-14-9-5-7(11)3-4-8(9)12-10(13)6-15-2/h3-5H,6,11H2,1-2H3,(H,12,13). The van der Waals surface area contributed by atoms with Crippen LogP contribution in [0.15, 0.2) is 18.2 Å².